The average Bonchev–Trinajstić information content (AvgIpc) is 2.54. The van der Waals surface area contributed by atoms with Crippen LogP contribution in [0.4, 0.5) is 4.39 Å². The van der Waals surface area contributed by atoms with Crippen molar-refractivity contribution in [3.63, 3.8) is 0 Å². The number of hydrogen-bond donors (Lipinski definition) is 2. The van der Waals surface area contributed by atoms with E-state index in [2.05, 4.69) is 9.98 Å². The molecule has 1 heterocycles. The van der Waals surface area contributed by atoms with E-state index >= 15 is 0 Å². The number of aliphatic imine (C=N–C) groups is 1. The maximum Gasteiger partial charge on any atom is 0.280 e. The zero-order chi connectivity index (χ0) is 17.3. The predicted octanol–water partition coefficient (Wildman–Crippen LogP) is 2.76. The number of aryl methyl sites for hydroxylation is 1. The quantitative estimate of drug-likeness (QED) is 0.560. The molecule has 5 nitrogen and oxygen atoms in total. The fourth-order valence-electron chi connectivity index (χ4n) is 2.68. The third-order valence-electron chi connectivity index (χ3n) is 3.75. The molecule has 24 heavy (non-hydrogen) atoms. The molecule has 1 aromatic heterocycles. The number of aromatic nitrogens is 1. The minimum absolute atomic E-state index is 0.301. The van der Waals surface area contributed by atoms with Gasteiger partial charge in [-0.2, -0.15) is 4.99 Å². The van der Waals surface area contributed by atoms with Gasteiger partial charge < -0.3 is 11.5 Å². The Morgan fingerprint density at radius 3 is 2.62 bits per heavy atom. The lowest BCUT2D eigenvalue weighted by atomic mass is 9.93. The number of carbonyl (C=O) groups is 1. The molecule has 3 aromatic rings. The smallest absolute Gasteiger partial charge is 0.280 e. The van der Waals surface area contributed by atoms with Gasteiger partial charge in [0, 0.05) is 17.3 Å². The van der Waals surface area contributed by atoms with E-state index in [0.29, 0.717) is 16.7 Å². The Morgan fingerprint density at radius 1 is 1.17 bits per heavy atom. The first-order valence-corrected chi connectivity index (χ1v) is 7.24. The summed E-state index contributed by atoms with van der Waals surface area (Å²) in [4.78, 5) is 19.4. The van der Waals surface area contributed by atoms with Crippen LogP contribution in [0, 0.1) is 12.7 Å². The van der Waals surface area contributed by atoms with Crippen LogP contribution in [0.3, 0.4) is 0 Å². The highest BCUT2D eigenvalue weighted by molar-refractivity contribution is 6.07. The van der Waals surface area contributed by atoms with E-state index in [4.69, 9.17) is 11.5 Å². The van der Waals surface area contributed by atoms with Gasteiger partial charge in [-0.3, -0.25) is 9.78 Å². The number of benzene rings is 2. The number of guanidine groups is 1. The van der Waals surface area contributed by atoms with Crippen LogP contribution in [-0.4, -0.2) is 16.9 Å². The number of hydrogen-bond acceptors (Lipinski definition) is 2. The fourth-order valence-corrected chi connectivity index (χ4v) is 2.68. The maximum atomic E-state index is 14.2. The molecule has 0 bridgehead atoms. The minimum atomic E-state index is -0.542. The molecule has 1 amide bonds. The molecule has 0 aliphatic heterocycles. The molecular formula is C18H15FN4O. The normalized spacial score (nSPS) is 10.6. The van der Waals surface area contributed by atoms with Crippen molar-refractivity contribution >= 4 is 22.6 Å². The number of nitrogens with zero attached hydrogens (tertiary/aromatic N) is 2. The van der Waals surface area contributed by atoms with Crippen LogP contribution in [0.5, 0.6) is 0 Å². The first-order chi connectivity index (χ1) is 11.5. The van der Waals surface area contributed by atoms with Crippen molar-refractivity contribution in [2.45, 2.75) is 6.92 Å². The van der Waals surface area contributed by atoms with Gasteiger partial charge in [-0.15, -0.1) is 0 Å². The van der Waals surface area contributed by atoms with E-state index in [1.165, 1.54) is 12.4 Å². The van der Waals surface area contributed by atoms with E-state index in [-0.39, 0.29) is 5.96 Å². The van der Waals surface area contributed by atoms with Gasteiger partial charge in [0.05, 0.1) is 6.20 Å². The van der Waals surface area contributed by atoms with Crippen LogP contribution in [0.2, 0.25) is 0 Å². The van der Waals surface area contributed by atoms with Crippen molar-refractivity contribution < 1.29 is 9.18 Å². The third-order valence-corrected chi connectivity index (χ3v) is 3.75. The number of pyridine rings is 1. The van der Waals surface area contributed by atoms with Crippen LogP contribution < -0.4 is 11.5 Å². The summed E-state index contributed by atoms with van der Waals surface area (Å²) in [6, 6.07) is 10.5. The highest BCUT2D eigenvalue weighted by atomic mass is 19.1. The summed E-state index contributed by atoms with van der Waals surface area (Å²) in [6.45, 7) is 1.89. The predicted molar refractivity (Wildman–Crippen MR) is 92.0 cm³/mol. The van der Waals surface area contributed by atoms with Crippen LogP contribution in [0.1, 0.15) is 15.9 Å². The number of amides is 1. The van der Waals surface area contributed by atoms with Crippen molar-refractivity contribution in [1.82, 2.24) is 4.98 Å². The highest BCUT2D eigenvalue weighted by Crippen LogP contribution is 2.33. The molecule has 120 valence electrons. The Hall–Kier alpha value is -3.28. The highest BCUT2D eigenvalue weighted by Gasteiger charge is 2.14. The summed E-state index contributed by atoms with van der Waals surface area (Å²) < 4.78 is 14.2. The Bertz CT molecular complexity index is 978. The van der Waals surface area contributed by atoms with Gasteiger partial charge in [-0.25, -0.2) is 4.39 Å². The molecule has 0 aliphatic rings. The second kappa shape index (κ2) is 6.08. The van der Waals surface area contributed by atoms with Crippen molar-refractivity contribution in [3.8, 4) is 11.1 Å². The molecule has 6 heteroatoms. The second-order valence-corrected chi connectivity index (χ2v) is 5.39. The second-order valence-electron chi connectivity index (χ2n) is 5.39. The maximum absolute atomic E-state index is 14.2. The lowest BCUT2D eigenvalue weighted by Crippen LogP contribution is -2.24. The summed E-state index contributed by atoms with van der Waals surface area (Å²) >= 11 is 0. The fraction of sp³-hybridized carbons (Fsp3) is 0.0556. The molecule has 3 rings (SSSR count). The molecule has 0 saturated heterocycles. The molecular weight excluding hydrogens is 307 g/mol. The number of fused-ring (bicyclic) bond motifs is 1. The SMILES string of the molecule is Cc1ccc2ccc(C(=O)N=C(N)N)cc2c1-c1ccncc1F. The van der Waals surface area contributed by atoms with Gasteiger partial charge in [0.25, 0.3) is 5.91 Å². The molecule has 0 atom stereocenters. The van der Waals surface area contributed by atoms with Gasteiger partial charge in [0.15, 0.2) is 5.96 Å². The van der Waals surface area contributed by atoms with Crippen LogP contribution >= 0.6 is 0 Å². The minimum Gasteiger partial charge on any atom is -0.370 e. The summed E-state index contributed by atoms with van der Waals surface area (Å²) in [6.07, 6.45) is 2.70. The van der Waals surface area contributed by atoms with Gasteiger partial charge in [-0.05, 0) is 47.0 Å². The molecule has 0 radical (unpaired) electrons. The van der Waals surface area contributed by atoms with E-state index in [1.807, 2.05) is 19.1 Å². The summed E-state index contributed by atoms with van der Waals surface area (Å²) in [5.41, 5.74) is 12.9. The lowest BCUT2D eigenvalue weighted by molar-refractivity contribution is 0.100. The van der Waals surface area contributed by atoms with Crippen molar-refractivity contribution in [2.24, 2.45) is 16.5 Å². The first-order valence-electron chi connectivity index (χ1n) is 7.24. The van der Waals surface area contributed by atoms with Crippen LogP contribution in [-0.2, 0) is 0 Å². The largest absolute Gasteiger partial charge is 0.370 e. The van der Waals surface area contributed by atoms with Crippen molar-refractivity contribution in [2.75, 3.05) is 0 Å². The first kappa shape index (κ1) is 15.6. The van der Waals surface area contributed by atoms with E-state index in [0.717, 1.165) is 16.3 Å². The zero-order valence-electron chi connectivity index (χ0n) is 13.0. The van der Waals surface area contributed by atoms with E-state index in [1.54, 1.807) is 24.3 Å². The Morgan fingerprint density at radius 2 is 1.92 bits per heavy atom. The number of halogens is 1. The number of nitrogens with two attached hydrogens (primary N) is 2. The molecule has 4 N–H and O–H groups in total. The van der Waals surface area contributed by atoms with Crippen molar-refractivity contribution in [3.05, 3.63) is 65.7 Å². The van der Waals surface area contributed by atoms with E-state index in [9.17, 15) is 9.18 Å². The molecule has 0 saturated carbocycles. The van der Waals surface area contributed by atoms with Crippen LogP contribution in [0.25, 0.3) is 21.9 Å². The Balaban J connectivity index is 2.29. The molecule has 0 aliphatic carbocycles. The van der Waals surface area contributed by atoms with E-state index < -0.39 is 11.7 Å². The third kappa shape index (κ3) is 2.81. The number of carbonyl (C=O) groups excluding carboxylic acids is 1. The molecule has 0 spiro atoms. The zero-order valence-corrected chi connectivity index (χ0v) is 13.0. The van der Waals surface area contributed by atoms with Gasteiger partial charge in [0.2, 0.25) is 0 Å². The number of rotatable bonds is 2. The van der Waals surface area contributed by atoms with Crippen molar-refractivity contribution in [1.29, 1.82) is 0 Å². The summed E-state index contributed by atoms with van der Waals surface area (Å²) in [5.74, 6) is -1.27. The molecule has 2 aromatic carbocycles. The topological polar surface area (TPSA) is 94.4 Å². The molecule has 0 fully saturated rings. The Labute approximate surface area is 137 Å². The standard InChI is InChI=1S/C18H15FN4O/c1-10-2-3-11-4-5-12(17(24)23-18(20)21)8-14(11)16(10)13-6-7-22-9-15(13)19/h2-9H,1H3,(H4,20,21,23,24). The lowest BCUT2D eigenvalue weighted by Gasteiger charge is -2.12. The monoisotopic (exact) mass is 322 g/mol. The van der Waals surface area contributed by atoms with Gasteiger partial charge in [0.1, 0.15) is 5.82 Å². The summed E-state index contributed by atoms with van der Waals surface area (Å²) in [7, 11) is 0. The summed E-state index contributed by atoms with van der Waals surface area (Å²) in [5, 5.41) is 1.63. The van der Waals surface area contributed by atoms with Crippen LogP contribution in [0.15, 0.2) is 53.8 Å². The van der Waals surface area contributed by atoms with Gasteiger partial charge in [-0.1, -0.05) is 18.2 Å². The average molecular weight is 322 g/mol. The molecule has 0 unspecified atom stereocenters. The van der Waals surface area contributed by atoms with Gasteiger partial charge >= 0.3 is 0 Å². The Kier molecular flexibility index (Phi) is 3.95.